The molecular weight excluding hydrogens is 569 g/mol. The van der Waals surface area contributed by atoms with Gasteiger partial charge in [-0.3, -0.25) is 19.3 Å². The van der Waals surface area contributed by atoms with Crippen LogP contribution in [-0.2, 0) is 24.2 Å². The summed E-state index contributed by atoms with van der Waals surface area (Å²) in [5.41, 5.74) is 7.11. The van der Waals surface area contributed by atoms with Gasteiger partial charge in [-0.25, -0.2) is 22.0 Å². The molecule has 2 aromatic carbocycles. The highest BCUT2D eigenvalue weighted by Crippen LogP contribution is 2.53. The molecule has 7 nitrogen and oxygen atoms in total. The van der Waals surface area contributed by atoms with Crippen molar-refractivity contribution in [3.63, 3.8) is 0 Å². The minimum atomic E-state index is -2.77. The van der Waals surface area contributed by atoms with Crippen molar-refractivity contribution in [2.75, 3.05) is 0 Å². The number of carbonyl (C=O) groups excluding carboxylic acids is 2. The normalized spacial score (nSPS) is 17.7. The third-order valence-corrected chi connectivity index (χ3v) is 8.28. The highest BCUT2D eigenvalue weighted by Gasteiger charge is 2.45. The Kier molecular flexibility index (Phi) is 7.45. The molecule has 1 saturated carbocycles. The Hall–Kier alpha value is -4.61. The fraction of sp³-hybridized carbons (Fsp3) is 0.290. The quantitative estimate of drug-likeness (QED) is 0.248. The number of nitrogens with one attached hydrogen (secondary N) is 1. The van der Waals surface area contributed by atoms with Gasteiger partial charge in [-0.2, -0.15) is 5.10 Å². The molecule has 4 aromatic rings. The van der Waals surface area contributed by atoms with Crippen LogP contribution in [0.5, 0.6) is 0 Å². The number of carbonyl (C=O) groups is 2. The molecule has 2 aliphatic carbocycles. The van der Waals surface area contributed by atoms with Gasteiger partial charge in [-0.1, -0.05) is 12.1 Å². The zero-order chi connectivity index (χ0) is 30.4. The Morgan fingerprint density at radius 2 is 1.79 bits per heavy atom. The number of hydrogen-bond donors (Lipinski definition) is 2. The van der Waals surface area contributed by atoms with Crippen molar-refractivity contribution in [1.82, 2.24) is 20.1 Å². The first kappa shape index (κ1) is 28.5. The van der Waals surface area contributed by atoms with E-state index in [4.69, 9.17) is 5.73 Å². The minimum Gasteiger partial charge on any atom is -0.366 e. The maximum Gasteiger partial charge on any atom is 0.282 e. The highest BCUT2D eigenvalue weighted by molar-refractivity contribution is 5.94. The largest absolute Gasteiger partial charge is 0.366 e. The molecule has 0 bridgehead atoms. The van der Waals surface area contributed by atoms with E-state index in [2.05, 4.69) is 15.4 Å². The van der Waals surface area contributed by atoms with Gasteiger partial charge in [0.05, 0.1) is 17.3 Å². The Balaban J connectivity index is 1.35. The summed E-state index contributed by atoms with van der Waals surface area (Å²) in [5.74, 6) is -3.70. The van der Waals surface area contributed by atoms with Crippen LogP contribution in [0.2, 0.25) is 0 Å². The van der Waals surface area contributed by atoms with Gasteiger partial charge in [0, 0.05) is 29.1 Å². The zero-order valence-corrected chi connectivity index (χ0v) is 22.7. The molecule has 43 heavy (non-hydrogen) atoms. The smallest absolute Gasteiger partial charge is 0.282 e. The summed E-state index contributed by atoms with van der Waals surface area (Å²) in [4.78, 5) is 29.7. The number of hydrogen-bond acceptors (Lipinski definition) is 4. The Labute approximate surface area is 242 Å². The molecule has 3 unspecified atom stereocenters. The predicted octanol–water partition coefficient (Wildman–Crippen LogP) is 5.55. The second-order valence-electron chi connectivity index (χ2n) is 10.9. The van der Waals surface area contributed by atoms with Crippen LogP contribution in [0.25, 0.3) is 11.1 Å². The summed E-state index contributed by atoms with van der Waals surface area (Å²) in [6, 6.07) is 8.98. The number of pyridine rings is 1. The molecular formula is C31H26F5N5O2. The molecule has 3 N–H and O–H groups in total. The fourth-order valence-corrected chi connectivity index (χ4v) is 6.26. The van der Waals surface area contributed by atoms with Crippen molar-refractivity contribution < 1.29 is 31.5 Å². The van der Waals surface area contributed by atoms with Gasteiger partial charge >= 0.3 is 0 Å². The molecule has 222 valence electrons. The maximum atomic E-state index is 14.2. The van der Waals surface area contributed by atoms with Crippen LogP contribution in [-0.4, -0.2) is 26.6 Å². The van der Waals surface area contributed by atoms with Crippen molar-refractivity contribution >= 4 is 11.8 Å². The van der Waals surface area contributed by atoms with E-state index in [1.54, 1.807) is 12.1 Å². The van der Waals surface area contributed by atoms with Crippen LogP contribution >= 0.6 is 0 Å². The van der Waals surface area contributed by atoms with Crippen LogP contribution in [0.3, 0.4) is 0 Å². The van der Waals surface area contributed by atoms with Crippen LogP contribution < -0.4 is 11.1 Å². The first-order valence-corrected chi connectivity index (χ1v) is 13.8. The molecule has 0 saturated heterocycles. The Morgan fingerprint density at radius 3 is 2.47 bits per heavy atom. The number of rotatable bonds is 9. The first-order valence-electron chi connectivity index (χ1n) is 13.8. The number of nitrogens with two attached hydrogens (primary N) is 1. The molecule has 1 fully saturated rings. The van der Waals surface area contributed by atoms with E-state index in [0.29, 0.717) is 28.8 Å². The van der Waals surface area contributed by atoms with Crippen molar-refractivity contribution in [3.8, 4) is 11.1 Å². The van der Waals surface area contributed by atoms with Crippen LogP contribution in [0, 0.1) is 23.4 Å². The van der Waals surface area contributed by atoms with Gasteiger partial charge in [0.2, 0.25) is 5.91 Å². The summed E-state index contributed by atoms with van der Waals surface area (Å²) < 4.78 is 71.5. The lowest BCUT2D eigenvalue weighted by Crippen LogP contribution is -2.34. The number of amides is 2. The summed E-state index contributed by atoms with van der Waals surface area (Å²) in [6.07, 6.45) is 0.890. The second-order valence-corrected chi connectivity index (χ2v) is 10.9. The van der Waals surface area contributed by atoms with Crippen molar-refractivity contribution in [2.45, 2.75) is 50.6 Å². The van der Waals surface area contributed by atoms with Crippen molar-refractivity contribution in [2.24, 2.45) is 11.7 Å². The minimum absolute atomic E-state index is 0.0310. The highest BCUT2D eigenvalue weighted by atomic mass is 19.3. The number of halogens is 5. The topological polar surface area (TPSA) is 103 Å². The molecule has 0 aliphatic heterocycles. The fourth-order valence-electron chi connectivity index (χ4n) is 6.26. The lowest BCUT2D eigenvalue weighted by atomic mass is 9.74. The average Bonchev–Trinajstić information content (AvgIpc) is 3.40. The molecule has 3 atom stereocenters. The number of aromatic nitrogens is 3. The van der Waals surface area contributed by atoms with E-state index in [9.17, 15) is 31.5 Å². The van der Waals surface area contributed by atoms with Crippen LogP contribution in [0.4, 0.5) is 22.0 Å². The number of benzene rings is 2. The number of fused-ring (bicyclic) bond motifs is 3. The molecule has 2 heterocycles. The number of primary amides is 1. The first-order chi connectivity index (χ1) is 20.6. The summed E-state index contributed by atoms with van der Waals surface area (Å²) in [7, 11) is 0. The Morgan fingerprint density at radius 1 is 1.02 bits per heavy atom. The van der Waals surface area contributed by atoms with Crippen molar-refractivity contribution in [3.05, 3.63) is 106 Å². The lowest BCUT2D eigenvalue weighted by Gasteiger charge is -2.30. The van der Waals surface area contributed by atoms with E-state index >= 15 is 0 Å². The SMILES string of the molecule is NC(=O)c1cc(-c2cccnc2C(Cc2cc(F)cc(F)c2)NC(=O)Cn2nc(C(F)F)c3c2CC2CCC32)ccc1F. The predicted molar refractivity (Wildman–Crippen MR) is 145 cm³/mol. The third-order valence-electron chi connectivity index (χ3n) is 8.28. The zero-order valence-electron chi connectivity index (χ0n) is 22.7. The third kappa shape index (κ3) is 5.49. The summed E-state index contributed by atoms with van der Waals surface area (Å²) in [6.45, 7) is -0.354. The van der Waals surface area contributed by atoms with E-state index < -0.39 is 41.7 Å². The molecule has 2 amide bonds. The van der Waals surface area contributed by atoms with E-state index in [1.165, 1.54) is 23.0 Å². The van der Waals surface area contributed by atoms with Gasteiger partial charge in [0.15, 0.2) is 0 Å². The molecule has 0 radical (unpaired) electrons. The van der Waals surface area contributed by atoms with E-state index in [0.717, 1.165) is 37.1 Å². The molecule has 2 aliphatic rings. The Bertz CT molecular complexity index is 1720. The second kappa shape index (κ2) is 11.2. The monoisotopic (exact) mass is 595 g/mol. The number of nitrogens with zero attached hydrogens (tertiary/aromatic N) is 3. The molecule has 0 spiro atoms. The molecule has 2 aromatic heterocycles. The van der Waals surface area contributed by atoms with E-state index in [1.807, 2.05) is 0 Å². The maximum absolute atomic E-state index is 14.2. The van der Waals surface area contributed by atoms with Gasteiger partial charge in [0.1, 0.15) is 29.7 Å². The molecule has 12 heteroatoms. The summed E-state index contributed by atoms with van der Waals surface area (Å²) in [5, 5.41) is 6.92. The lowest BCUT2D eigenvalue weighted by molar-refractivity contribution is -0.122. The summed E-state index contributed by atoms with van der Waals surface area (Å²) >= 11 is 0. The number of alkyl halides is 2. The standard InChI is InChI=1S/C31H26F5N5O2/c32-18-8-15(9-19(33)13-18)10-24(28-21(2-1-7-38-28)16-4-6-23(34)22(11-16)31(37)43)39-26(42)14-41-25-12-17-3-5-20(17)27(25)29(40-41)30(35)36/h1-2,4,6-9,11,13,17,20,24,30H,3,5,10,12,14H2,(H2,37,43)(H,39,42). The van der Waals surface area contributed by atoms with Crippen LogP contribution in [0.1, 0.15) is 69.8 Å². The van der Waals surface area contributed by atoms with Crippen LogP contribution in [0.15, 0.2) is 54.7 Å². The van der Waals surface area contributed by atoms with Gasteiger partial charge in [0.25, 0.3) is 12.3 Å². The average molecular weight is 596 g/mol. The van der Waals surface area contributed by atoms with E-state index in [-0.39, 0.29) is 47.3 Å². The van der Waals surface area contributed by atoms with Gasteiger partial charge in [-0.15, -0.1) is 0 Å². The van der Waals surface area contributed by atoms with Gasteiger partial charge in [-0.05, 0) is 79.0 Å². The van der Waals surface area contributed by atoms with Gasteiger partial charge < -0.3 is 11.1 Å². The van der Waals surface area contributed by atoms with Crippen molar-refractivity contribution in [1.29, 1.82) is 0 Å². The molecule has 6 rings (SSSR count).